The average Bonchev–Trinajstić information content (AvgIpc) is 2.28. The third kappa shape index (κ3) is 1.64. The highest BCUT2D eigenvalue weighted by atomic mass is 16.5. The van der Waals surface area contributed by atoms with E-state index in [1.165, 1.54) is 0 Å². The van der Waals surface area contributed by atoms with Crippen LogP contribution < -0.4 is 0 Å². The maximum Gasteiger partial charge on any atom is 0.256 e. The fraction of sp³-hybridized carbons (Fsp3) is 0.500. The molecule has 0 radical (unpaired) electrons. The van der Waals surface area contributed by atoms with Crippen molar-refractivity contribution in [2.75, 3.05) is 26.9 Å². The molecule has 0 N–H and O–H groups in total. The van der Waals surface area contributed by atoms with Crippen LogP contribution in [0.1, 0.15) is 18.1 Å². The van der Waals surface area contributed by atoms with E-state index >= 15 is 0 Å². The summed E-state index contributed by atoms with van der Waals surface area (Å²) in [5, 5.41) is 0. The van der Waals surface area contributed by atoms with Gasteiger partial charge in [0.1, 0.15) is 0 Å². The summed E-state index contributed by atoms with van der Waals surface area (Å²) in [6.07, 6.45) is 0.549. The van der Waals surface area contributed by atoms with E-state index in [4.69, 9.17) is 9.47 Å². The number of carbonyl (C=O) groups excluding carboxylic acids is 1. The van der Waals surface area contributed by atoms with Crippen LogP contribution in [0.5, 0.6) is 0 Å². The first-order chi connectivity index (χ1) is 8.77. The van der Waals surface area contributed by atoms with Gasteiger partial charge >= 0.3 is 0 Å². The van der Waals surface area contributed by atoms with Crippen molar-refractivity contribution in [2.45, 2.75) is 18.1 Å². The van der Waals surface area contributed by atoms with Gasteiger partial charge in [-0.3, -0.25) is 4.79 Å². The predicted molar refractivity (Wildman–Crippen MR) is 66.1 cm³/mol. The minimum atomic E-state index is -0.496. The molecule has 3 rings (SSSR count). The summed E-state index contributed by atoms with van der Waals surface area (Å²) in [5.41, 5.74) is 0.884. The fourth-order valence-electron chi connectivity index (χ4n) is 2.67. The first-order valence-corrected chi connectivity index (χ1v) is 6.24. The molecule has 1 amide bonds. The lowest BCUT2D eigenvalue weighted by Crippen LogP contribution is -2.72. The summed E-state index contributed by atoms with van der Waals surface area (Å²) in [4.78, 5) is 14.4. The van der Waals surface area contributed by atoms with Gasteiger partial charge in [-0.1, -0.05) is 30.3 Å². The van der Waals surface area contributed by atoms with E-state index in [1.54, 1.807) is 7.11 Å². The van der Waals surface area contributed by atoms with Gasteiger partial charge in [0.25, 0.3) is 5.91 Å². The number of ether oxygens (including phenoxy) is 2. The van der Waals surface area contributed by atoms with Crippen LogP contribution in [0.25, 0.3) is 0 Å². The van der Waals surface area contributed by atoms with Gasteiger partial charge < -0.3 is 14.4 Å². The van der Waals surface area contributed by atoms with Crippen molar-refractivity contribution in [3.05, 3.63) is 35.9 Å². The van der Waals surface area contributed by atoms with Crippen molar-refractivity contribution in [1.29, 1.82) is 0 Å². The predicted octanol–water partition coefficient (Wildman–Crippen LogP) is 1.38. The molecule has 2 heterocycles. The standard InChI is InChI=1S/C14H17NO3/c1-17-12(11-5-3-2-4-6-11)13(16)15-8-7-14(15)9-18-10-14/h2-6,12H,7-10H2,1H3. The molecule has 2 fully saturated rings. The van der Waals surface area contributed by atoms with Gasteiger partial charge in [-0.15, -0.1) is 0 Å². The second kappa shape index (κ2) is 4.37. The summed E-state index contributed by atoms with van der Waals surface area (Å²) in [5.74, 6) is 0.0539. The van der Waals surface area contributed by atoms with Crippen LogP contribution in [0.3, 0.4) is 0 Å². The molecule has 4 heteroatoms. The number of nitrogens with zero attached hydrogens (tertiary/aromatic N) is 1. The van der Waals surface area contributed by atoms with Crippen LogP contribution in [0.15, 0.2) is 30.3 Å². The van der Waals surface area contributed by atoms with Crippen molar-refractivity contribution < 1.29 is 14.3 Å². The van der Waals surface area contributed by atoms with Crippen molar-refractivity contribution in [3.63, 3.8) is 0 Å². The quantitative estimate of drug-likeness (QED) is 0.810. The smallest absolute Gasteiger partial charge is 0.256 e. The lowest BCUT2D eigenvalue weighted by molar-refractivity contribution is -0.206. The average molecular weight is 247 g/mol. The van der Waals surface area contributed by atoms with Crippen LogP contribution in [0.2, 0.25) is 0 Å². The number of carbonyl (C=O) groups is 1. The number of benzene rings is 1. The van der Waals surface area contributed by atoms with Crippen molar-refractivity contribution >= 4 is 5.91 Å². The zero-order valence-electron chi connectivity index (χ0n) is 10.5. The summed E-state index contributed by atoms with van der Waals surface area (Å²) < 4.78 is 10.6. The Morgan fingerprint density at radius 2 is 2.11 bits per heavy atom. The molecule has 96 valence electrons. The van der Waals surface area contributed by atoms with E-state index in [-0.39, 0.29) is 11.4 Å². The third-order valence-electron chi connectivity index (χ3n) is 3.94. The molecule has 1 atom stereocenters. The number of hydrogen-bond acceptors (Lipinski definition) is 3. The zero-order chi connectivity index (χ0) is 12.6. The molecule has 1 aromatic rings. The van der Waals surface area contributed by atoms with E-state index in [0.29, 0.717) is 13.2 Å². The fourth-order valence-corrected chi connectivity index (χ4v) is 2.67. The minimum absolute atomic E-state index is 0.0252. The molecule has 1 aromatic carbocycles. The lowest BCUT2D eigenvalue weighted by Gasteiger charge is -2.58. The van der Waals surface area contributed by atoms with Crippen molar-refractivity contribution in [2.24, 2.45) is 0 Å². The van der Waals surface area contributed by atoms with Crippen LogP contribution in [-0.4, -0.2) is 43.2 Å². The van der Waals surface area contributed by atoms with Gasteiger partial charge in [-0.25, -0.2) is 0 Å². The largest absolute Gasteiger partial charge is 0.376 e. The number of amides is 1. The Labute approximate surface area is 106 Å². The van der Waals surface area contributed by atoms with E-state index in [1.807, 2.05) is 35.2 Å². The van der Waals surface area contributed by atoms with Crippen LogP contribution in [0.4, 0.5) is 0 Å². The molecule has 0 bridgehead atoms. The van der Waals surface area contributed by atoms with E-state index in [0.717, 1.165) is 18.5 Å². The Bertz CT molecular complexity index is 436. The van der Waals surface area contributed by atoms with Gasteiger partial charge in [0.05, 0.1) is 18.8 Å². The zero-order valence-corrected chi connectivity index (χ0v) is 10.5. The Morgan fingerprint density at radius 3 is 2.56 bits per heavy atom. The highest BCUT2D eigenvalue weighted by Crippen LogP contribution is 2.39. The van der Waals surface area contributed by atoms with Crippen LogP contribution in [-0.2, 0) is 14.3 Å². The Kier molecular flexibility index (Phi) is 2.84. The molecule has 1 spiro atoms. The van der Waals surface area contributed by atoms with Gasteiger partial charge in [-0.05, 0) is 12.0 Å². The second-order valence-electron chi connectivity index (χ2n) is 4.98. The van der Waals surface area contributed by atoms with E-state index in [2.05, 4.69) is 0 Å². The topological polar surface area (TPSA) is 38.8 Å². The number of hydrogen-bond donors (Lipinski definition) is 0. The Hall–Kier alpha value is -1.39. The highest BCUT2D eigenvalue weighted by molar-refractivity contribution is 5.84. The molecule has 0 saturated carbocycles. The first kappa shape index (κ1) is 11.7. The monoisotopic (exact) mass is 247 g/mol. The third-order valence-corrected chi connectivity index (χ3v) is 3.94. The molecule has 1 unspecified atom stereocenters. The molecule has 2 aliphatic heterocycles. The molecule has 2 saturated heterocycles. The number of methoxy groups -OCH3 is 1. The summed E-state index contributed by atoms with van der Waals surface area (Å²) >= 11 is 0. The molecule has 2 aliphatic rings. The molecular weight excluding hydrogens is 230 g/mol. The minimum Gasteiger partial charge on any atom is -0.376 e. The second-order valence-corrected chi connectivity index (χ2v) is 4.98. The number of likely N-dealkylation sites (tertiary alicyclic amines) is 1. The van der Waals surface area contributed by atoms with Crippen LogP contribution >= 0.6 is 0 Å². The van der Waals surface area contributed by atoms with Gasteiger partial charge in [0, 0.05) is 13.7 Å². The molecule has 0 aromatic heterocycles. The molecule has 4 nitrogen and oxygen atoms in total. The molecule has 0 aliphatic carbocycles. The van der Waals surface area contributed by atoms with Gasteiger partial charge in [0.2, 0.25) is 0 Å². The molecular formula is C14H17NO3. The van der Waals surface area contributed by atoms with Crippen molar-refractivity contribution in [1.82, 2.24) is 4.90 Å². The maximum atomic E-state index is 12.5. The van der Waals surface area contributed by atoms with E-state index in [9.17, 15) is 4.79 Å². The Balaban J connectivity index is 1.78. The van der Waals surface area contributed by atoms with Gasteiger partial charge in [-0.2, -0.15) is 0 Å². The normalized spacial score (nSPS) is 22.2. The number of rotatable bonds is 3. The van der Waals surface area contributed by atoms with E-state index < -0.39 is 6.10 Å². The van der Waals surface area contributed by atoms with Gasteiger partial charge in [0.15, 0.2) is 6.10 Å². The van der Waals surface area contributed by atoms with Crippen molar-refractivity contribution in [3.8, 4) is 0 Å². The summed E-state index contributed by atoms with van der Waals surface area (Å²) in [6, 6.07) is 9.64. The summed E-state index contributed by atoms with van der Waals surface area (Å²) in [6.45, 7) is 2.16. The Morgan fingerprint density at radius 1 is 1.39 bits per heavy atom. The summed E-state index contributed by atoms with van der Waals surface area (Å²) in [7, 11) is 1.58. The lowest BCUT2D eigenvalue weighted by atomic mass is 9.82. The molecule has 18 heavy (non-hydrogen) atoms. The first-order valence-electron chi connectivity index (χ1n) is 6.24. The highest BCUT2D eigenvalue weighted by Gasteiger charge is 2.54. The maximum absolute atomic E-state index is 12.5. The van der Waals surface area contributed by atoms with Crippen LogP contribution in [0, 0.1) is 0 Å². The SMILES string of the molecule is COC(C(=O)N1CCC12COC2)c1ccccc1.